The average Bonchev–Trinajstić information content (AvgIpc) is 3.74. The van der Waals surface area contributed by atoms with E-state index in [9.17, 15) is 0 Å². The Morgan fingerprint density at radius 1 is 0.531 bits per heavy atom. The summed E-state index contributed by atoms with van der Waals surface area (Å²) in [5.74, 6) is 0.292. The Balaban J connectivity index is 0.996. The Labute approximate surface area is 290 Å². The number of benzene rings is 7. The van der Waals surface area contributed by atoms with Crippen LogP contribution >= 0.6 is 11.3 Å². The van der Waals surface area contributed by atoms with Crippen LogP contribution in [0.1, 0.15) is 28.0 Å². The zero-order valence-corrected chi connectivity index (χ0v) is 27.6. The first-order valence-corrected chi connectivity index (χ1v) is 17.7. The second-order valence-corrected chi connectivity index (χ2v) is 14.1. The summed E-state index contributed by atoms with van der Waals surface area (Å²) in [6, 6.07) is 59.7. The Hall–Kier alpha value is -5.90. The van der Waals surface area contributed by atoms with Gasteiger partial charge in [0.25, 0.3) is 0 Å². The fraction of sp³-hybridized carbons (Fsp3) is 0.0435. The van der Waals surface area contributed by atoms with Crippen molar-refractivity contribution in [2.24, 2.45) is 0 Å². The van der Waals surface area contributed by atoms with Crippen LogP contribution in [-0.2, 0) is 0 Å². The number of nitrogens with one attached hydrogen (secondary N) is 1. The summed E-state index contributed by atoms with van der Waals surface area (Å²) >= 11 is 1.90. The first kappa shape index (κ1) is 28.1. The van der Waals surface area contributed by atoms with Crippen LogP contribution in [0.25, 0.3) is 49.2 Å². The molecule has 2 aliphatic rings. The minimum absolute atomic E-state index is 0.229. The normalized spacial score (nSPS) is 15.8. The molecule has 232 valence electrons. The van der Waals surface area contributed by atoms with E-state index >= 15 is 0 Å². The predicted octanol–water partition coefficient (Wildman–Crippen LogP) is 13.1. The van der Waals surface area contributed by atoms with Gasteiger partial charge in [0.2, 0.25) is 0 Å². The molecule has 2 nitrogen and oxygen atoms in total. The Morgan fingerprint density at radius 2 is 1.20 bits per heavy atom. The maximum Gasteiger partial charge on any atom is 0.0638 e. The Morgan fingerprint density at radius 3 is 2.06 bits per heavy atom. The van der Waals surface area contributed by atoms with Crippen LogP contribution < -0.4 is 10.2 Å². The van der Waals surface area contributed by atoms with Gasteiger partial charge >= 0.3 is 0 Å². The molecule has 0 bridgehead atoms. The minimum Gasteiger partial charge on any atom is -0.377 e. The molecule has 10 rings (SSSR count). The lowest BCUT2D eigenvalue weighted by Crippen LogP contribution is -2.13. The van der Waals surface area contributed by atoms with E-state index in [2.05, 4.69) is 186 Å². The number of hydrogen-bond donors (Lipinski definition) is 1. The van der Waals surface area contributed by atoms with Crippen LogP contribution in [0.3, 0.4) is 0 Å². The largest absolute Gasteiger partial charge is 0.377 e. The van der Waals surface area contributed by atoms with Crippen LogP contribution in [0.2, 0.25) is 0 Å². The number of thiophene rings is 1. The molecule has 1 N–H and O–H groups in total. The molecule has 7 aromatic carbocycles. The van der Waals surface area contributed by atoms with Gasteiger partial charge in [0.1, 0.15) is 0 Å². The van der Waals surface area contributed by atoms with E-state index in [1.807, 2.05) is 11.3 Å². The molecule has 1 aliphatic heterocycles. The quantitative estimate of drug-likeness (QED) is 0.201. The third-order valence-electron chi connectivity index (χ3n) is 10.2. The lowest BCUT2D eigenvalue weighted by atomic mass is 9.84. The zero-order chi connectivity index (χ0) is 32.3. The molecular weight excluding hydrogens is 613 g/mol. The van der Waals surface area contributed by atoms with Crippen LogP contribution in [0.5, 0.6) is 0 Å². The molecule has 0 saturated heterocycles. The summed E-state index contributed by atoms with van der Waals surface area (Å²) in [5.41, 5.74) is 12.5. The van der Waals surface area contributed by atoms with Gasteiger partial charge in [-0.15, -0.1) is 11.3 Å². The number of para-hydroxylation sites is 1. The number of nitrogens with zero attached hydrogens (tertiary/aromatic N) is 1. The highest BCUT2D eigenvalue weighted by molar-refractivity contribution is 7.20. The second-order valence-electron chi connectivity index (χ2n) is 13.0. The summed E-state index contributed by atoms with van der Waals surface area (Å²) in [7, 11) is 0. The van der Waals surface area contributed by atoms with E-state index in [0.29, 0.717) is 5.92 Å². The van der Waals surface area contributed by atoms with Crippen molar-refractivity contribution in [1.82, 2.24) is 0 Å². The molecule has 3 heteroatoms. The summed E-state index contributed by atoms with van der Waals surface area (Å²) in [6.07, 6.45) is 4.77. The van der Waals surface area contributed by atoms with Crippen LogP contribution in [-0.4, -0.2) is 0 Å². The number of hydrogen-bond acceptors (Lipinski definition) is 3. The van der Waals surface area contributed by atoms with Gasteiger partial charge < -0.3 is 10.2 Å². The topological polar surface area (TPSA) is 15.3 Å². The smallest absolute Gasteiger partial charge is 0.0638 e. The minimum atomic E-state index is 0.229. The fourth-order valence-electron chi connectivity index (χ4n) is 7.84. The summed E-state index contributed by atoms with van der Waals surface area (Å²) in [4.78, 5) is 3.73. The van der Waals surface area contributed by atoms with Crippen molar-refractivity contribution in [1.29, 1.82) is 0 Å². The molecule has 2 heterocycles. The maximum absolute atomic E-state index is 3.93. The van der Waals surface area contributed by atoms with Crippen molar-refractivity contribution in [2.45, 2.75) is 12.0 Å². The van der Waals surface area contributed by atoms with Crippen LogP contribution in [0.4, 0.5) is 22.7 Å². The van der Waals surface area contributed by atoms with E-state index in [0.717, 1.165) is 11.4 Å². The van der Waals surface area contributed by atoms with E-state index in [-0.39, 0.29) is 6.04 Å². The molecule has 0 radical (unpaired) electrons. The lowest BCUT2D eigenvalue weighted by Gasteiger charge is -2.27. The number of fused-ring (bicyclic) bond motifs is 8. The van der Waals surface area contributed by atoms with Crippen molar-refractivity contribution >= 4 is 61.0 Å². The predicted molar refractivity (Wildman–Crippen MR) is 209 cm³/mol. The number of rotatable bonds is 5. The zero-order valence-electron chi connectivity index (χ0n) is 26.8. The maximum atomic E-state index is 3.93. The van der Waals surface area contributed by atoms with Gasteiger partial charge in [-0.3, -0.25) is 0 Å². The molecule has 2 unspecified atom stereocenters. The summed E-state index contributed by atoms with van der Waals surface area (Å²) in [5, 5.41) is 7.77. The van der Waals surface area contributed by atoms with E-state index in [1.54, 1.807) is 0 Å². The second kappa shape index (κ2) is 11.4. The van der Waals surface area contributed by atoms with Crippen molar-refractivity contribution < 1.29 is 0 Å². The van der Waals surface area contributed by atoms with Crippen molar-refractivity contribution in [3.63, 3.8) is 0 Å². The van der Waals surface area contributed by atoms with Gasteiger partial charge in [0.15, 0.2) is 0 Å². The number of anilines is 4. The third kappa shape index (κ3) is 4.69. The van der Waals surface area contributed by atoms with Crippen molar-refractivity contribution in [3.05, 3.63) is 186 Å². The molecule has 1 aliphatic carbocycles. The van der Waals surface area contributed by atoms with Gasteiger partial charge in [-0.2, -0.15) is 0 Å². The van der Waals surface area contributed by atoms with Gasteiger partial charge in [-0.25, -0.2) is 0 Å². The van der Waals surface area contributed by atoms with Crippen LogP contribution in [0, 0.1) is 0 Å². The van der Waals surface area contributed by atoms with Crippen molar-refractivity contribution in [3.8, 4) is 22.3 Å². The van der Waals surface area contributed by atoms with Gasteiger partial charge in [-0.05, 0) is 99.3 Å². The van der Waals surface area contributed by atoms with E-state index in [1.165, 1.54) is 70.5 Å². The van der Waals surface area contributed by atoms with Crippen LogP contribution in [0.15, 0.2) is 170 Å². The molecule has 2 atom stereocenters. The molecular formula is C46H32N2S. The Bertz CT molecular complexity index is 2520. The monoisotopic (exact) mass is 644 g/mol. The molecule has 0 fully saturated rings. The molecule has 1 aromatic heterocycles. The Kier molecular flexibility index (Phi) is 6.53. The first-order valence-electron chi connectivity index (χ1n) is 16.9. The summed E-state index contributed by atoms with van der Waals surface area (Å²) in [6.45, 7) is 0. The first-order chi connectivity index (χ1) is 24.3. The fourth-order valence-corrected chi connectivity index (χ4v) is 8.99. The highest BCUT2D eigenvalue weighted by Crippen LogP contribution is 2.53. The van der Waals surface area contributed by atoms with Gasteiger partial charge in [-0.1, -0.05) is 115 Å². The van der Waals surface area contributed by atoms with E-state index < -0.39 is 0 Å². The summed E-state index contributed by atoms with van der Waals surface area (Å²) < 4.78 is 1.35. The van der Waals surface area contributed by atoms with E-state index in [4.69, 9.17) is 0 Å². The standard InChI is InChI=1S/C46H32N2S/c1-3-10-30(11-4-1)34-21-26-43-40(29-34)45-44(49-43)27-24-38-39-28-33(20-25-41(39)47-46(38)45)31-18-22-36(23-19-31)48(35-14-5-2-6-15-35)42-17-9-13-32-12-7-8-16-37(32)42/h1-29,38,46-47H. The third-order valence-corrected chi connectivity index (χ3v) is 11.3. The lowest BCUT2D eigenvalue weighted by molar-refractivity contribution is 0.736. The molecule has 49 heavy (non-hydrogen) atoms. The molecule has 0 saturated carbocycles. The highest BCUT2D eigenvalue weighted by Gasteiger charge is 2.37. The van der Waals surface area contributed by atoms with Gasteiger partial charge in [0, 0.05) is 43.5 Å². The highest BCUT2D eigenvalue weighted by atomic mass is 32.1. The SMILES string of the molecule is C1=CC2c3cc(-c4ccc(N(c5ccccc5)c5cccc6ccccc56)cc4)ccc3NC2c2c1sc1ccc(-c3ccccc3)cc21. The molecule has 8 aromatic rings. The average molecular weight is 645 g/mol. The van der Waals surface area contributed by atoms with Gasteiger partial charge in [0.05, 0.1) is 11.7 Å². The van der Waals surface area contributed by atoms with Crippen molar-refractivity contribution in [2.75, 3.05) is 10.2 Å². The molecule has 0 amide bonds. The molecule has 0 spiro atoms.